The lowest BCUT2D eigenvalue weighted by Crippen LogP contribution is -2.52. The highest BCUT2D eigenvalue weighted by molar-refractivity contribution is 5.82. The Balaban J connectivity index is 2.35. The molecule has 2 unspecified atom stereocenters. The smallest absolute Gasteiger partial charge is 0.333 e. The molecule has 19 heavy (non-hydrogen) atoms. The van der Waals surface area contributed by atoms with Gasteiger partial charge in [-0.15, -0.1) is 0 Å². The SMILES string of the molecule is O=C(O)C(O)C(C(=O)O)C12CCCCC1CCCC2. The molecule has 3 N–H and O–H groups in total. The lowest BCUT2D eigenvalue weighted by atomic mass is 9.53. The van der Waals surface area contributed by atoms with Gasteiger partial charge in [0, 0.05) is 0 Å². The predicted octanol–water partition coefficient (Wildman–Crippen LogP) is 1.88. The lowest BCUT2D eigenvalue weighted by Gasteiger charge is -2.51. The predicted molar refractivity (Wildman–Crippen MR) is 67.6 cm³/mol. The highest BCUT2D eigenvalue weighted by Gasteiger charge is 2.54. The van der Waals surface area contributed by atoms with E-state index in [0.717, 1.165) is 51.4 Å². The van der Waals surface area contributed by atoms with Crippen molar-refractivity contribution in [3.05, 3.63) is 0 Å². The number of carboxylic acid groups (broad SMARTS) is 2. The quantitative estimate of drug-likeness (QED) is 0.725. The molecular weight excluding hydrogens is 248 g/mol. The summed E-state index contributed by atoms with van der Waals surface area (Å²) in [4.78, 5) is 22.6. The molecule has 0 aromatic heterocycles. The lowest BCUT2D eigenvalue weighted by molar-refractivity contribution is -0.174. The Morgan fingerprint density at radius 3 is 1.89 bits per heavy atom. The van der Waals surface area contributed by atoms with Crippen LogP contribution in [0.4, 0.5) is 0 Å². The molecule has 2 atom stereocenters. The number of hydrogen-bond acceptors (Lipinski definition) is 3. The summed E-state index contributed by atoms with van der Waals surface area (Å²) >= 11 is 0. The third kappa shape index (κ3) is 2.48. The van der Waals surface area contributed by atoms with E-state index in [-0.39, 0.29) is 5.92 Å². The Bertz CT molecular complexity index is 353. The van der Waals surface area contributed by atoms with Gasteiger partial charge in [-0.2, -0.15) is 0 Å². The second-order valence-corrected chi connectivity index (χ2v) is 6.02. The maximum absolute atomic E-state index is 11.6. The number of aliphatic carboxylic acids is 2. The van der Waals surface area contributed by atoms with Crippen molar-refractivity contribution in [2.24, 2.45) is 17.3 Å². The van der Waals surface area contributed by atoms with Gasteiger partial charge in [-0.05, 0) is 37.0 Å². The van der Waals surface area contributed by atoms with Gasteiger partial charge in [-0.3, -0.25) is 4.79 Å². The van der Waals surface area contributed by atoms with Crippen LogP contribution in [-0.2, 0) is 9.59 Å². The van der Waals surface area contributed by atoms with Crippen molar-refractivity contribution in [1.82, 2.24) is 0 Å². The third-order valence-corrected chi connectivity index (χ3v) is 5.16. The molecule has 0 aliphatic heterocycles. The topological polar surface area (TPSA) is 94.8 Å². The summed E-state index contributed by atoms with van der Waals surface area (Å²) in [6, 6.07) is 0. The van der Waals surface area contributed by atoms with Crippen LogP contribution >= 0.6 is 0 Å². The third-order valence-electron chi connectivity index (χ3n) is 5.16. The molecule has 0 spiro atoms. The monoisotopic (exact) mass is 270 g/mol. The van der Waals surface area contributed by atoms with Crippen LogP contribution in [0.2, 0.25) is 0 Å². The Hall–Kier alpha value is -1.10. The van der Waals surface area contributed by atoms with Crippen molar-refractivity contribution in [3.63, 3.8) is 0 Å². The van der Waals surface area contributed by atoms with Crippen LogP contribution in [0.1, 0.15) is 51.4 Å². The van der Waals surface area contributed by atoms with Gasteiger partial charge in [-0.25, -0.2) is 4.79 Å². The van der Waals surface area contributed by atoms with Gasteiger partial charge >= 0.3 is 11.9 Å². The van der Waals surface area contributed by atoms with Gasteiger partial charge in [-0.1, -0.05) is 25.7 Å². The van der Waals surface area contributed by atoms with Crippen LogP contribution in [0.15, 0.2) is 0 Å². The largest absolute Gasteiger partial charge is 0.481 e. The van der Waals surface area contributed by atoms with E-state index in [0.29, 0.717) is 0 Å². The second kappa shape index (κ2) is 5.49. The first kappa shape index (κ1) is 14.3. The molecule has 2 aliphatic carbocycles. The highest BCUT2D eigenvalue weighted by atomic mass is 16.4. The molecule has 2 saturated carbocycles. The summed E-state index contributed by atoms with van der Waals surface area (Å²) in [5.41, 5.74) is -0.514. The van der Waals surface area contributed by atoms with Gasteiger partial charge in [0.1, 0.15) is 0 Å². The van der Waals surface area contributed by atoms with Crippen molar-refractivity contribution in [3.8, 4) is 0 Å². The number of fused-ring (bicyclic) bond motifs is 1. The molecule has 0 radical (unpaired) electrons. The Kier molecular flexibility index (Phi) is 4.13. The maximum atomic E-state index is 11.6. The molecule has 0 bridgehead atoms. The zero-order valence-electron chi connectivity index (χ0n) is 11.0. The van der Waals surface area contributed by atoms with Gasteiger partial charge < -0.3 is 15.3 Å². The van der Waals surface area contributed by atoms with E-state index in [1.54, 1.807) is 0 Å². The highest BCUT2D eigenvalue weighted by Crippen LogP contribution is 2.55. The molecule has 2 fully saturated rings. The minimum absolute atomic E-state index is 0.255. The summed E-state index contributed by atoms with van der Waals surface area (Å²) in [5.74, 6) is -3.50. The molecule has 2 aliphatic rings. The summed E-state index contributed by atoms with van der Waals surface area (Å²) in [6.07, 6.45) is 5.66. The molecular formula is C14H22O5. The number of rotatable bonds is 4. The maximum Gasteiger partial charge on any atom is 0.333 e. The van der Waals surface area contributed by atoms with Crippen LogP contribution < -0.4 is 0 Å². The minimum atomic E-state index is -1.80. The zero-order chi connectivity index (χ0) is 14.0. The normalized spacial score (nSPS) is 34.1. The summed E-state index contributed by atoms with van der Waals surface area (Å²) < 4.78 is 0. The number of hydrogen-bond donors (Lipinski definition) is 3. The summed E-state index contributed by atoms with van der Waals surface area (Å²) in [5, 5.41) is 28.3. The van der Waals surface area contributed by atoms with E-state index in [1.165, 1.54) is 0 Å². The molecule has 5 heteroatoms. The van der Waals surface area contributed by atoms with Gasteiger partial charge in [0.2, 0.25) is 0 Å². The molecule has 0 heterocycles. The number of carbonyl (C=O) groups is 2. The molecule has 108 valence electrons. The molecule has 0 aromatic carbocycles. The Morgan fingerprint density at radius 2 is 1.47 bits per heavy atom. The van der Waals surface area contributed by atoms with E-state index in [1.807, 2.05) is 0 Å². The molecule has 2 rings (SSSR count). The van der Waals surface area contributed by atoms with Crippen molar-refractivity contribution in [2.45, 2.75) is 57.5 Å². The fraction of sp³-hybridized carbons (Fsp3) is 0.857. The van der Waals surface area contributed by atoms with Crippen molar-refractivity contribution in [2.75, 3.05) is 0 Å². The first-order chi connectivity index (χ1) is 8.99. The van der Waals surface area contributed by atoms with Crippen LogP contribution in [-0.4, -0.2) is 33.4 Å². The average Bonchev–Trinajstić information content (AvgIpc) is 2.38. The van der Waals surface area contributed by atoms with Crippen LogP contribution in [0.25, 0.3) is 0 Å². The number of carboxylic acids is 2. The Labute approximate surface area is 112 Å². The zero-order valence-corrected chi connectivity index (χ0v) is 11.0. The molecule has 0 saturated heterocycles. The van der Waals surface area contributed by atoms with E-state index in [9.17, 15) is 19.8 Å². The van der Waals surface area contributed by atoms with E-state index in [2.05, 4.69) is 0 Å². The van der Waals surface area contributed by atoms with Crippen molar-refractivity contribution in [1.29, 1.82) is 0 Å². The van der Waals surface area contributed by atoms with Crippen molar-refractivity contribution >= 4 is 11.9 Å². The van der Waals surface area contributed by atoms with E-state index < -0.39 is 29.4 Å². The van der Waals surface area contributed by atoms with Gasteiger partial charge in [0.25, 0.3) is 0 Å². The summed E-state index contributed by atoms with van der Waals surface area (Å²) in [6.45, 7) is 0. The van der Waals surface area contributed by atoms with E-state index in [4.69, 9.17) is 5.11 Å². The standard InChI is InChI=1S/C14H22O5/c15-11(13(18)19)10(12(16)17)14-7-3-1-5-9(14)6-2-4-8-14/h9-11,15H,1-8H2,(H,16,17)(H,18,19). The number of aliphatic hydroxyl groups is 1. The Morgan fingerprint density at radius 1 is 0.947 bits per heavy atom. The number of aliphatic hydroxyl groups excluding tert-OH is 1. The van der Waals surface area contributed by atoms with Gasteiger partial charge in [0.05, 0.1) is 5.92 Å². The summed E-state index contributed by atoms with van der Waals surface area (Å²) in [7, 11) is 0. The fourth-order valence-electron chi connectivity index (χ4n) is 4.35. The first-order valence-electron chi connectivity index (χ1n) is 7.13. The molecule has 0 amide bonds. The first-order valence-corrected chi connectivity index (χ1v) is 7.13. The fourth-order valence-corrected chi connectivity index (χ4v) is 4.35. The second-order valence-electron chi connectivity index (χ2n) is 6.02. The van der Waals surface area contributed by atoms with Gasteiger partial charge in [0.15, 0.2) is 6.10 Å². The van der Waals surface area contributed by atoms with E-state index >= 15 is 0 Å². The average molecular weight is 270 g/mol. The van der Waals surface area contributed by atoms with Crippen LogP contribution in [0.3, 0.4) is 0 Å². The van der Waals surface area contributed by atoms with Crippen LogP contribution in [0.5, 0.6) is 0 Å². The van der Waals surface area contributed by atoms with Crippen molar-refractivity contribution < 1.29 is 24.9 Å². The van der Waals surface area contributed by atoms with Crippen LogP contribution in [0, 0.1) is 17.3 Å². The molecule has 0 aromatic rings. The molecule has 5 nitrogen and oxygen atoms in total. The minimum Gasteiger partial charge on any atom is -0.481 e.